The topological polar surface area (TPSA) is 55.8 Å². The molecule has 32 heavy (non-hydrogen) atoms. The molecule has 1 fully saturated rings. The van der Waals surface area contributed by atoms with Gasteiger partial charge in [0.25, 0.3) is 0 Å². The van der Waals surface area contributed by atoms with Crippen molar-refractivity contribution in [3.8, 4) is 11.5 Å². The van der Waals surface area contributed by atoms with E-state index in [1.54, 1.807) is 0 Å². The molecule has 0 saturated carbocycles. The number of piperidine rings is 1. The molecule has 2 aromatic carbocycles. The number of ketones is 1. The number of hydrogen-bond donors (Lipinski definition) is 0. The molecule has 2 heterocycles. The summed E-state index contributed by atoms with van der Waals surface area (Å²) < 4.78 is 12.4. The minimum Gasteiger partial charge on any atom is -0.493 e. The van der Waals surface area contributed by atoms with Gasteiger partial charge in [-0.25, -0.2) is 0 Å². The number of para-hydroxylation sites is 1. The molecule has 2 aliphatic rings. The van der Waals surface area contributed by atoms with Crippen molar-refractivity contribution >= 4 is 11.7 Å². The van der Waals surface area contributed by atoms with Gasteiger partial charge in [-0.15, -0.1) is 0 Å². The molecule has 4 rings (SSSR count). The molecule has 0 atom stereocenters. The van der Waals surface area contributed by atoms with Gasteiger partial charge in [-0.2, -0.15) is 0 Å². The number of carbonyl (C=O) groups is 2. The zero-order valence-corrected chi connectivity index (χ0v) is 19.6. The second-order valence-corrected chi connectivity index (χ2v) is 9.32. The van der Waals surface area contributed by atoms with Crippen LogP contribution < -0.4 is 9.47 Å². The maximum atomic E-state index is 12.8. The second-order valence-electron chi connectivity index (χ2n) is 9.32. The third kappa shape index (κ3) is 4.38. The first kappa shape index (κ1) is 22.4. The van der Waals surface area contributed by atoms with Crippen LogP contribution in [0.25, 0.3) is 0 Å². The van der Waals surface area contributed by atoms with Gasteiger partial charge < -0.3 is 14.4 Å². The van der Waals surface area contributed by atoms with E-state index < -0.39 is 5.60 Å². The summed E-state index contributed by atoms with van der Waals surface area (Å²) in [5.74, 6) is 1.96. The van der Waals surface area contributed by atoms with Gasteiger partial charge >= 0.3 is 0 Å². The molecule has 0 unspecified atom stereocenters. The predicted octanol–water partition coefficient (Wildman–Crippen LogP) is 5.11. The van der Waals surface area contributed by atoms with Crippen LogP contribution in [0.2, 0.25) is 0 Å². The number of likely N-dealkylation sites (tertiary alicyclic amines) is 1. The molecule has 5 heteroatoms. The molecule has 1 spiro atoms. The highest BCUT2D eigenvalue weighted by atomic mass is 16.5. The average Bonchev–Trinajstić information content (AvgIpc) is 2.76. The van der Waals surface area contributed by atoms with E-state index in [1.165, 1.54) is 0 Å². The fraction of sp³-hybridized carbons (Fsp3) is 0.481. The van der Waals surface area contributed by atoms with E-state index in [0.29, 0.717) is 57.4 Å². The van der Waals surface area contributed by atoms with Gasteiger partial charge in [0.05, 0.1) is 18.6 Å². The van der Waals surface area contributed by atoms with Gasteiger partial charge in [-0.1, -0.05) is 24.3 Å². The number of rotatable bonds is 5. The number of amides is 1. The van der Waals surface area contributed by atoms with Gasteiger partial charge in [0.15, 0.2) is 5.78 Å². The van der Waals surface area contributed by atoms with Crippen molar-refractivity contribution in [3.63, 3.8) is 0 Å². The van der Waals surface area contributed by atoms with Gasteiger partial charge in [-0.3, -0.25) is 9.59 Å². The van der Waals surface area contributed by atoms with E-state index in [4.69, 9.17) is 9.47 Å². The molecule has 1 saturated heterocycles. The molecular weight excluding hydrogens is 402 g/mol. The van der Waals surface area contributed by atoms with Crippen LogP contribution in [-0.4, -0.2) is 41.9 Å². The van der Waals surface area contributed by atoms with Crippen LogP contribution in [-0.2, 0) is 4.79 Å². The fourth-order valence-corrected chi connectivity index (χ4v) is 4.81. The Bertz CT molecular complexity index is 1010. The molecule has 0 radical (unpaired) electrons. The van der Waals surface area contributed by atoms with Crippen LogP contribution in [0.1, 0.15) is 64.7 Å². The Morgan fingerprint density at radius 2 is 1.72 bits per heavy atom. The number of carbonyl (C=O) groups excluding carboxylic acids is 2. The standard InChI is InChI=1S/C27H33NO4/c1-18-10-11-22-23(29)17-27(32-26(22)21(18)4)12-14-28(15-13-27)24(30)9-6-16-31-25-19(2)7-5-8-20(25)3/h5,7-8,10-11H,6,9,12-17H2,1-4H3. The second kappa shape index (κ2) is 8.97. The summed E-state index contributed by atoms with van der Waals surface area (Å²) >= 11 is 0. The number of aryl methyl sites for hydroxylation is 3. The molecule has 0 bridgehead atoms. The first-order chi connectivity index (χ1) is 15.3. The lowest BCUT2D eigenvalue weighted by Gasteiger charge is -2.44. The first-order valence-electron chi connectivity index (χ1n) is 11.6. The van der Waals surface area contributed by atoms with Crippen LogP contribution in [0.15, 0.2) is 30.3 Å². The Morgan fingerprint density at radius 3 is 2.41 bits per heavy atom. The number of Topliss-reactive ketones (excluding diaryl/α,β-unsaturated/α-hetero) is 1. The number of nitrogens with zero attached hydrogens (tertiary/aromatic N) is 1. The third-order valence-corrected chi connectivity index (χ3v) is 7.00. The monoisotopic (exact) mass is 435 g/mol. The summed E-state index contributed by atoms with van der Waals surface area (Å²) in [6, 6.07) is 9.96. The van der Waals surface area contributed by atoms with E-state index in [0.717, 1.165) is 33.8 Å². The van der Waals surface area contributed by atoms with Crippen molar-refractivity contribution in [1.29, 1.82) is 0 Å². The van der Waals surface area contributed by atoms with Crippen molar-refractivity contribution in [2.45, 2.75) is 65.4 Å². The van der Waals surface area contributed by atoms with Crippen molar-refractivity contribution in [2.75, 3.05) is 19.7 Å². The molecular formula is C27H33NO4. The van der Waals surface area contributed by atoms with Crippen LogP contribution >= 0.6 is 0 Å². The van der Waals surface area contributed by atoms with Crippen molar-refractivity contribution in [3.05, 3.63) is 58.1 Å². The van der Waals surface area contributed by atoms with Gasteiger partial charge in [0.2, 0.25) is 5.91 Å². The number of ether oxygens (including phenoxy) is 2. The fourth-order valence-electron chi connectivity index (χ4n) is 4.81. The van der Waals surface area contributed by atoms with Gasteiger partial charge in [0, 0.05) is 32.4 Å². The smallest absolute Gasteiger partial charge is 0.222 e. The van der Waals surface area contributed by atoms with Crippen LogP contribution in [0.3, 0.4) is 0 Å². The van der Waals surface area contributed by atoms with E-state index in [-0.39, 0.29) is 11.7 Å². The maximum absolute atomic E-state index is 12.8. The van der Waals surface area contributed by atoms with Crippen molar-refractivity contribution in [1.82, 2.24) is 4.90 Å². The normalized spacial score (nSPS) is 17.1. The molecule has 2 aliphatic heterocycles. The molecule has 170 valence electrons. The summed E-state index contributed by atoms with van der Waals surface area (Å²) in [6.45, 7) is 9.92. The van der Waals surface area contributed by atoms with Gasteiger partial charge in [-0.05, 0) is 62.4 Å². The zero-order chi connectivity index (χ0) is 22.9. The maximum Gasteiger partial charge on any atom is 0.222 e. The largest absolute Gasteiger partial charge is 0.493 e. The van der Waals surface area contributed by atoms with Gasteiger partial charge in [0.1, 0.15) is 17.1 Å². The minimum atomic E-state index is -0.481. The molecule has 0 aliphatic carbocycles. The van der Waals surface area contributed by atoms with Crippen molar-refractivity contribution < 1.29 is 19.1 Å². The lowest BCUT2D eigenvalue weighted by molar-refractivity contribution is -0.135. The quantitative estimate of drug-likeness (QED) is 0.613. The van der Waals surface area contributed by atoms with Crippen molar-refractivity contribution in [2.24, 2.45) is 0 Å². The summed E-state index contributed by atoms with van der Waals surface area (Å²) in [5.41, 5.74) is 4.62. The summed E-state index contributed by atoms with van der Waals surface area (Å²) in [6.07, 6.45) is 2.94. The molecule has 1 amide bonds. The Labute approximate surface area is 190 Å². The highest BCUT2D eigenvalue weighted by Crippen LogP contribution is 2.41. The van der Waals surface area contributed by atoms with Crippen LogP contribution in [0, 0.1) is 27.7 Å². The van der Waals surface area contributed by atoms with E-state index in [2.05, 4.69) is 0 Å². The minimum absolute atomic E-state index is 0.151. The predicted molar refractivity (Wildman–Crippen MR) is 125 cm³/mol. The lowest BCUT2D eigenvalue weighted by atomic mass is 9.81. The highest BCUT2D eigenvalue weighted by molar-refractivity contribution is 6.01. The molecule has 0 aromatic heterocycles. The number of fused-ring (bicyclic) bond motifs is 1. The van der Waals surface area contributed by atoms with Crippen LogP contribution in [0.4, 0.5) is 0 Å². The summed E-state index contributed by atoms with van der Waals surface area (Å²) in [7, 11) is 0. The Hall–Kier alpha value is -2.82. The lowest BCUT2D eigenvalue weighted by Crippen LogP contribution is -2.52. The zero-order valence-electron chi connectivity index (χ0n) is 19.6. The third-order valence-electron chi connectivity index (χ3n) is 7.00. The molecule has 0 N–H and O–H groups in total. The number of hydrogen-bond acceptors (Lipinski definition) is 4. The van der Waals surface area contributed by atoms with E-state index in [1.807, 2.05) is 62.9 Å². The molecule has 2 aromatic rings. The Kier molecular flexibility index (Phi) is 6.27. The van der Waals surface area contributed by atoms with E-state index in [9.17, 15) is 9.59 Å². The van der Waals surface area contributed by atoms with E-state index >= 15 is 0 Å². The highest BCUT2D eigenvalue weighted by Gasteiger charge is 2.44. The summed E-state index contributed by atoms with van der Waals surface area (Å²) in [5, 5.41) is 0. The Morgan fingerprint density at radius 1 is 1.03 bits per heavy atom. The Balaban J connectivity index is 1.29. The summed E-state index contributed by atoms with van der Waals surface area (Å²) in [4.78, 5) is 27.5. The number of benzene rings is 2. The van der Waals surface area contributed by atoms with Crippen LogP contribution in [0.5, 0.6) is 11.5 Å². The SMILES string of the molecule is Cc1ccc2c(c1C)OC1(CCN(C(=O)CCCOc3c(C)cccc3C)CC1)CC2=O. The first-order valence-corrected chi connectivity index (χ1v) is 11.6. The molecule has 5 nitrogen and oxygen atoms in total. The average molecular weight is 436 g/mol.